The van der Waals surface area contributed by atoms with Crippen molar-refractivity contribution in [1.29, 1.82) is 0 Å². The summed E-state index contributed by atoms with van der Waals surface area (Å²) in [7, 11) is 0. The zero-order valence-electron chi connectivity index (χ0n) is 28.5. The predicted molar refractivity (Wildman–Crippen MR) is 182 cm³/mol. The summed E-state index contributed by atoms with van der Waals surface area (Å²) >= 11 is 0. The molecular weight excluding hydrogens is 484 g/mol. The van der Waals surface area contributed by atoms with Gasteiger partial charge in [-0.25, -0.2) is 0 Å². The van der Waals surface area contributed by atoms with Gasteiger partial charge in [0.25, 0.3) is 0 Å². The van der Waals surface area contributed by atoms with Crippen molar-refractivity contribution in [3.05, 3.63) is 0 Å². The van der Waals surface area contributed by atoms with Crippen LogP contribution in [0.5, 0.6) is 0 Å². The van der Waals surface area contributed by atoms with Gasteiger partial charge in [0.1, 0.15) is 5.78 Å². The van der Waals surface area contributed by atoms with E-state index >= 15 is 0 Å². The standard InChI is InChI=1S/C39H78O/c1-4-6-8-10-12-14-16-18-20-22-24-26-28-30-32-34-36-39(38(3)40)37-35-33-31-29-27-25-23-21-19-17-15-13-11-9-7-5-2/h39H,4-37H2,1-3H3. The third-order valence-corrected chi connectivity index (χ3v) is 9.39. The quantitative estimate of drug-likeness (QED) is 0.0702. The number of carbonyl (C=O) groups excluding carboxylic acids is 1. The molecule has 0 N–H and O–H groups in total. The molecule has 1 nitrogen and oxygen atoms in total. The number of ketones is 1. The van der Waals surface area contributed by atoms with Crippen molar-refractivity contribution in [3.8, 4) is 0 Å². The summed E-state index contributed by atoms with van der Waals surface area (Å²) in [5, 5.41) is 0. The Hall–Kier alpha value is -0.330. The molecule has 0 aromatic heterocycles. The third-order valence-electron chi connectivity index (χ3n) is 9.39. The second-order valence-electron chi connectivity index (χ2n) is 13.5. The van der Waals surface area contributed by atoms with E-state index in [4.69, 9.17) is 0 Å². The third kappa shape index (κ3) is 32.2. The van der Waals surface area contributed by atoms with E-state index in [9.17, 15) is 4.79 Å². The van der Waals surface area contributed by atoms with Crippen LogP contribution in [0.25, 0.3) is 0 Å². The van der Waals surface area contributed by atoms with Gasteiger partial charge in [-0.3, -0.25) is 4.79 Å². The van der Waals surface area contributed by atoms with Gasteiger partial charge in [-0.2, -0.15) is 0 Å². The Morgan fingerprint density at radius 1 is 0.325 bits per heavy atom. The Bertz CT molecular complexity index is 433. The summed E-state index contributed by atoms with van der Waals surface area (Å²) in [6.07, 6.45) is 47.6. The number of carbonyl (C=O) groups is 1. The molecule has 0 aromatic carbocycles. The van der Waals surface area contributed by atoms with Crippen molar-refractivity contribution in [2.75, 3.05) is 0 Å². The molecule has 0 saturated carbocycles. The van der Waals surface area contributed by atoms with Crippen molar-refractivity contribution in [3.63, 3.8) is 0 Å². The maximum Gasteiger partial charge on any atom is 0.132 e. The minimum absolute atomic E-state index is 0.346. The molecule has 0 aliphatic rings. The summed E-state index contributed by atoms with van der Waals surface area (Å²) < 4.78 is 0. The van der Waals surface area contributed by atoms with Crippen LogP contribution in [0.15, 0.2) is 0 Å². The van der Waals surface area contributed by atoms with Crippen molar-refractivity contribution in [2.24, 2.45) is 5.92 Å². The Kier molecular flexibility index (Phi) is 34.6. The molecule has 0 saturated heterocycles. The minimum Gasteiger partial charge on any atom is -0.300 e. The van der Waals surface area contributed by atoms with Crippen molar-refractivity contribution in [1.82, 2.24) is 0 Å². The fraction of sp³-hybridized carbons (Fsp3) is 0.974. The van der Waals surface area contributed by atoms with E-state index in [0.717, 1.165) is 12.8 Å². The first-order valence-corrected chi connectivity index (χ1v) is 19.2. The highest BCUT2D eigenvalue weighted by Gasteiger charge is 2.13. The van der Waals surface area contributed by atoms with Crippen molar-refractivity contribution in [2.45, 2.75) is 239 Å². The molecule has 0 bridgehead atoms. The summed E-state index contributed by atoms with van der Waals surface area (Å²) in [4.78, 5) is 12.1. The lowest BCUT2D eigenvalue weighted by Crippen LogP contribution is -2.10. The van der Waals surface area contributed by atoms with Gasteiger partial charge >= 0.3 is 0 Å². The maximum atomic E-state index is 12.1. The average molecular weight is 563 g/mol. The van der Waals surface area contributed by atoms with Gasteiger partial charge in [-0.05, 0) is 19.8 Å². The number of rotatable bonds is 35. The molecule has 0 radical (unpaired) electrons. The lowest BCUT2D eigenvalue weighted by molar-refractivity contribution is -0.121. The number of Topliss-reactive ketones (excluding diaryl/α,β-unsaturated/α-hetero) is 1. The Balaban J connectivity index is 3.37. The lowest BCUT2D eigenvalue weighted by atomic mass is 9.91. The van der Waals surface area contributed by atoms with Crippen molar-refractivity contribution < 1.29 is 4.79 Å². The van der Waals surface area contributed by atoms with Crippen LogP contribution >= 0.6 is 0 Å². The van der Waals surface area contributed by atoms with E-state index in [-0.39, 0.29) is 0 Å². The van der Waals surface area contributed by atoms with Gasteiger partial charge in [-0.15, -0.1) is 0 Å². The lowest BCUT2D eigenvalue weighted by Gasteiger charge is -2.13. The molecular formula is C39H78O. The van der Waals surface area contributed by atoms with Gasteiger partial charge < -0.3 is 0 Å². The molecule has 240 valence electrons. The van der Waals surface area contributed by atoms with Gasteiger partial charge in [0, 0.05) is 5.92 Å². The normalized spacial score (nSPS) is 11.6. The highest BCUT2D eigenvalue weighted by Crippen LogP contribution is 2.21. The van der Waals surface area contributed by atoms with Crippen molar-refractivity contribution >= 4 is 5.78 Å². The van der Waals surface area contributed by atoms with E-state index in [2.05, 4.69) is 13.8 Å². The maximum absolute atomic E-state index is 12.1. The Morgan fingerprint density at radius 3 is 0.675 bits per heavy atom. The fourth-order valence-electron chi connectivity index (χ4n) is 6.43. The summed E-state index contributed by atoms with van der Waals surface area (Å²) in [5.74, 6) is 0.792. The van der Waals surface area contributed by atoms with E-state index in [1.54, 1.807) is 0 Å². The van der Waals surface area contributed by atoms with Crippen LogP contribution < -0.4 is 0 Å². The largest absolute Gasteiger partial charge is 0.300 e. The number of unbranched alkanes of at least 4 members (excludes halogenated alkanes) is 30. The molecule has 0 spiro atoms. The van der Waals surface area contributed by atoms with Crippen LogP contribution in [0.1, 0.15) is 239 Å². The molecule has 0 unspecified atom stereocenters. The van der Waals surface area contributed by atoms with Crippen LogP contribution in [0, 0.1) is 5.92 Å². The van der Waals surface area contributed by atoms with Crippen LogP contribution in [0.3, 0.4) is 0 Å². The smallest absolute Gasteiger partial charge is 0.132 e. The van der Waals surface area contributed by atoms with E-state index in [1.165, 1.54) is 205 Å². The molecule has 0 aromatic rings. The predicted octanol–water partition coefficient (Wildman–Crippen LogP) is 14.5. The molecule has 0 aliphatic carbocycles. The van der Waals surface area contributed by atoms with Gasteiger partial charge in [0.15, 0.2) is 0 Å². The molecule has 1 heteroatoms. The van der Waals surface area contributed by atoms with Gasteiger partial charge in [0.2, 0.25) is 0 Å². The summed E-state index contributed by atoms with van der Waals surface area (Å²) in [6, 6.07) is 0. The van der Waals surface area contributed by atoms with Gasteiger partial charge in [0.05, 0.1) is 0 Å². The average Bonchev–Trinajstić information content (AvgIpc) is 2.95. The minimum atomic E-state index is 0.346. The topological polar surface area (TPSA) is 17.1 Å². The van der Waals surface area contributed by atoms with Crippen LogP contribution in [-0.2, 0) is 4.79 Å². The van der Waals surface area contributed by atoms with Crippen LogP contribution in [-0.4, -0.2) is 5.78 Å². The Labute approximate surface area is 255 Å². The molecule has 0 heterocycles. The highest BCUT2D eigenvalue weighted by molar-refractivity contribution is 5.78. The molecule has 0 fully saturated rings. The SMILES string of the molecule is CCCCCCCCCCCCCCCCCCC(CCCCCCCCCCCCCCCCCC)C(C)=O. The molecule has 0 aliphatic heterocycles. The molecule has 0 amide bonds. The Morgan fingerprint density at radius 2 is 0.500 bits per heavy atom. The first-order valence-electron chi connectivity index (χ1n) is 19.2. The zero-order chi connectivity index (χ0) is 29.2. The first-order chi connectivity index (χ1) is 19.7. The summed E-state index contributed by atoms with van der Waals surface area (Å²) in [6.45, 7) is 6.43. The monoisotopic (exact) mass is 563 g/mol. The van der Waals surface area contributed by atoms with Gasteiger partial charge in [-0.1, -0.05) is 219 Å². The number of hydrogen-bond acceptors (Lipinski definition) is 1. The van der Waals surface area contributed by atoms with Crippen LogP contribution in [0.2, 0.25) is 0 Å². The first kappa shape index (κ1) is 39.7. The summed E-state index contributed by atoms with van der Waals surface area (Å²) in [5.41, 5.74) is 0. The zero-order valence-corrected chi connectivity index (χ0v) is 28.5. The fourth-order valence-corrected chi connectivity index (χ4v) is 6.43. The van der Waals surface area contributed by atoms with Crippen LogP contribution in [0.4, 0.5) is 0 Å². The van der Waals surface area contributed by atoms with E-state index in [1.807, 2.05) is 6.92 Å². The second-order valence-corrected chi connectivity index (χ2v) is 13.5. The van der Waals surface area contributed by atoms with E-state index < -0.39 is 0 Å². The van der Waals surface area contributed by atoms with E-state index in [0.29, 0.717) is 11.7 Å². The molecule has 0 atom stereocenters. The molecule has 0 rings (SSSR count). The second kappa shape index (κ2) is 34.9. The number of hydrogen-bond donors (Lipinski definition) is 0. The highest BCUT2D eigenvalue weighted by atomic mass is 16.1. The molecule has 40 heavy (non-hydrogen) atoms.